The minimum Gasteiger partial charge on any atom is -0.484 e. The topological polar surface area (TPSA) is 59.1 Å². The number of benzene rings is 1. The Kier molecular flexibility index (Phi) is 5.71. The van der Waals surface area contributed by atoms with E-state index in [1.807, 2.05) is 26.0 Å². The molecule has 23 heavy (non-hydrogen) atoms. The first-order valence-corrected chi connectivity index (χ1v) is 7.80. The number of ether oxygens (including phenoxy) is 2. The van der Waals surface area contributed by atoms with Gasteiger partial charge in [0.05, 0.1) is 7.11 Å². The Morgan fingerprint density at radius 2 is 1.61 bits per heavy atom. The number of hydrogen-bond donors (Lipinski definition) is 0. The molecule has 1 aliphatic rings. The van der Waals surface area contributed by atoms with Crippen molar-refractivity contribution >= 4 is 23.6 Å². The van der Waals surface area contributed by atoms with E-state index in [4.69, 9.17) is 16.3 Å². The van der Waals surface area contributed by atoms with Crippen LogP contribution in [0.2, 0.25) is 5.02 Å². The molecule has 0 aliphatic carbocycles. The lowest BCUT2D eigenvalue weighted by Crippen LogP contribution is -2.51. The van der Waals surface area contributed by atoms with Gasteiger partial charge in [-0.3, -0.25) is 4.79 Å². The quantitative estimate of drug-likeness (QED) is 0.846. The molecule has 1 saturated heterocycles. The number of carbonyl (C=O) groups is 2. The highest BCUT2D eigenvalue weighted by Crippen LogP contribution is 2.25. The molecule has 1 aromatic carbocycles. The SMILES string of the molecule is COC(=O)N1CCN(C(=O)COc2cc(C)c(Cl)c(C)c2)CC1. The predicted molar refractivity (Wildman–Crippen MR) is 87.0 cm³/mol. The zero-order chi connectivity index (χ0) is 17.0. The van der Waals surface area contributed by atoms with Gasteiger partial charge in [0.2, 0.25) is 0 Å². The van der Waals surface area contributed by atoms with E-state index in [1.165, 1.54) is 7.11 Å². The summed E-state index contributed by atoms with van der Waals surface area (Å²) >= 11 is 6.11. The zero-order valence-corrected chi connectivity index (χ0v) is 14.4. The van der Waals surface area contributed by atoms with Crippen LogP contribution >= 0.6 is 11.6 Å². The van der Waals surface area contributed by atoms with Crippen LogP contribution < -0.4 is 4.74 Å². The van der Waals surface area contributed by atoms with Crippen LogP contribution in [0.1, 0.15) is 11.1 Å². The first-order chi connectivity index (χ1) is 10.9. The normalized spacial score (nSPS) is 14.6. The molecule has 2 rings (SSSR count). The average Bonchev–Trinajstić information content (AvgIpc) is 2.56. The van der Waals surface area contributed by atoms with Crippen molar-refractivity contribution in [2.24, 2.45) is 0 Å². The van der Waals surface area contributed by atoms with Gasteiger partial charge in [0.25, 0.3) is 5.91 Å². The first-order valence-electron chi connectivity index (χ1n) is 7.42. The van der Waals surface area contributed by atoms with Gasteiger partial charge in [0.15, 0.2) is 6.61 Å². The minimum atomic E-state index is -0.361. The Labute approximate surface area is 140 Å². The fraction of sp³-hybridized carbons (Fsp3) is 0.500. The Balaban J connectivity index is 1.85. The van der Waals surface area contributed by atoms with Crippen LogP contribution in [-0.4, -0.2) is 61.7 Å². The van der Waals surface area contributed by atoms with Crippen LogP contribution in [0, 0.1) is 13.8 Å². The first kappa shape index (κ1) is 17.4. The molecule has 2 amide bonds. The molecular formula is C16H21ClN2O4. The summed E-state index contributed by atoms with van der Waals surface area (Å²) in [6.45, 7) is 5.67. The molecule has 1 aromatic rings. The highest BCUT2D eigenvalue weighted by Gasteiger charge is 2.24. The van der Waals surface area contributed by atoms with Crippen LogP contribution in [0.5, 0.6) is 5.75 Å². The van der Waals surface area contributed by atoms with E-state index in [-0.39, 0.29) is 18.6 Å². The molecule has 0 radical (unpaired) electrons. The fourth-order valence-corrected chi connectivity index (χ4v) is 2.60. The lowest BCUT2D eigenvalue weighted by molar-refractivity contribution is -0.134. The number of nitrogens with zero attached hydrogens (tertiary/aromatic N) is 2. The molecule has 1 heterocycles. The maximum absolute atomic E-state index is 12.2. The third-order valence-corrected chi connectivity index (χ3v) is 4.43. The van der Waals surface area contributed by atoms with Crippen LogP contribution in [-0.2, 0) is 9.53 Å². The Morgan fingerprint density at radius 1 is 1.09 bits per heavy atom. The maximum atomic E-state index is 12.2. The molecule has 0 atom stereocenters. The lowest BCUT2D eigenvalue weighted by Gasteiger charge is -2.33. The fourth-order valence-electron chi connectivity index (χ4n) is 2.49. The lowest BCUT2D eigenvalue weighted by atomic mass is 10.1. The number of rotatable bonds is 3. The van der Waals surface area contributed by atoms with Gasteiger partial charge < -0.3 is 19.3 Å². The van der Waals surface area contributed by atoms with Crippen molar-refractivity contribution in [1.82, 2.24) is 9.80 Å². The van der Waals surface area contributed by atoms with Gasteiger partial charge in [-0.05, 0) is 37.1 Å². The summed E-state index contributed by atoms with van der Waals surface area (Å²) in [5.74, 6) is 0.533. The average molecular weight is 341 g/mol. The van der Waals surface area contributed by atoms with Crippen molar-refractivity contribution in [1.29, 1.82) is 0 Å². The van der Waals surface area contributed by atoms with Gasteiger partial charge in [-0.2, -0.15) is 0 Å². The molecule has 126 valence electrons. The summed E-state index contributed by atoms with van der Waals surface area (Å²) in [4.78, 5) is 26.9. The minimum absolute atomic E-state index is 0.0290. The number of halogens is 1. The Bertz CT molecular complexity index is 575. The summed E-state index contributed by atoms with van der Waals surface area (Å²) in [5, 5.41) is 0.711. The van der Waals surface area contributed by atoms with Gasteiger partial charge in [-0.15, -0.1) is 0 Å². The van der Waals surface area contributed by atoms with E-state index in [2.05, 4.69) is 4.74 Å². The standard InChI is InChI=1S/C16H21ClN2O4/c1-11-8-13(9-12(2)15(11)17)23-10-14(20)18-4-6-19(7-5-18)16(21)22-3/h8-9H,4-7,10H2,1-3H3. The Morgan fingerprint density at radius 3 is 2.13 bits per heavy atom. The molecule has 1 aliphatic heterocycles. The number of carbonyl (C=O) groups excluding carboxylic acids is 2. The molecular weight excluding hydrogens is 320 g/mol. The molecule has 7 heteroatoms. The van der Waals surface area contributed by atoms with Crippen molar-refractivity contribution < 1.29 is 19.1 Å². The van der Waals surface area contributed by atoms with Crippen molar-refractivity contribution in [3.63, 3.8) is 0 Å². The molecule has 0 spiro atoms. The second-order valence-electron chi connectivity index (χ2n) is 5.50. The van der Waals surface area contributed by atoms with Crippen LogP contribution in [0.4, 0.5) is 4.79 Å². The number of amides is 2. The molecule has 0 bridgehead atoms. The van der Waals surface area contributed by atoms with Crippen LogP contribution in [0.3, 0.4) is 0 Å². The van der Waals surface area contributed by atoms with Gasteiger partial charge in [0, 0.05) is 31.2 Å². The summed E-state index contributed by atoms with van der Waals surface area (Å²) in [6, 6.07) is 3.63. The Hall–Kier alpha value is -1.95. The maximum Gasteiger partial charge on any atom is 0.409 e. The predicted octanol–water partition coefficient (Wildman–Crippen LogP) is 2.25. The van der Waals surface area contributed by atoms with Crippen molar-refractivity contribution in [3.8, 4) is 5.75 Å². The zero-order valence-electron chi connectivity index (χ0n) is 13.6. The third kappa shape index (κ3) is 4.28. The third-order valence-electron chi connectivity index (χ3n) is 3.84. The molecule has 0 aromatic heterocycles. The van der Waals surface area contributed by atoms with E-state index >= 15 is 0 Å². The molecule has 0 N–H and O–H groups in total. The number of methoxy groups -OCH3 is 1. The summed E-state index contributed by atoms with van der Waals surface area (Å²) < 4.78 is 10.2. The van der Waals surface area contributed by atoms with Crippen molar-refractivity contribution in [2.45, 2.75) is 13.8 Å². The van der Waals surface area contributed by atoms with E-state index in [1.54, 1.807) is 9.80 Å². The molecule has 1 fully saturated rings. The number of hydrogen-bond acceptors (Lipinski definition) is 4. The van der Waals surface area contributed by atoms with Crippen molar-refractivity contribution in [3.05, 3.63) is 28.3 Å². The van der Waals surface area contributed by atoms with Gasteiger partial charge in [-0.1, -0.05) is 11.6 Å². The van der Waals surface area contributed by atoms with E-state index in [0.717, 1.165) is 11.1 Å². The van der Waals surface area contributed by atoms with Gasteiger partial charge in [0.1, 0.15) is 5.75 Å². The number of piperazine rings is 1. The van der Waals surface area contributed by atoms with Gasteiger partial charge >= 0.3 is 6.09 Å². The van der Waals surface area contributed by atoms with E-state index in [0.29, 0.717) is 37.0 Å². The summed E-state index contributed by atoms with van der Waals surface area (Å²) in [6.07, 6.45) is -0.361. The second kappa shape index (κ2) is 7.55. The largest absolute Gasteiger partial charge is 0.484 e. The van der Waals surface area contributed by atoms with Crippen LogP contribution in [0.25, 0.3) is 0 Å². The monoisotopic (exact) mass is 340 g/mol. The van der Waals surface area contributed by atoms with Crippen molar-refractivity contribution in [2.75, 3.05) is 39.9 Å². The smallest absolute Gasteiger partial charge is 0.409 e. The molecule has 0 unspecified atom stereocenters. The molecule has 0 saturated carbocycles. The summed E-state index contributed by atoms with van der Waals surface area (Å²) in [5.41, 5.74) is 1.83. The van der Waals surface area contributed by atoms with Gasteiger partial charge in [-0.25, -0.2) is 4.79 Å². The highest BCUT2D eigenvalue weighted by atomic mass is 35.5. The summed E-state index contributed by atoms with van der Waals surface area (Å²) in [7, 11) is 1.35. The second-order valence-corrected chi connectivity index (χ2v) is 5.88. The highest BCUT2D eigenvalue weighted by molar-refractivity contribution is 6.32. The van der Waals surface area contributed by atoms with E-state index in [9.17, 15) is 9.59 Å². The molecule has 6 nitrogen and oxygen atoms in total. The van der Waals surface area contributed by atoms with Crippen LogP contribution in [0.15, 0.2) is 12.1 Å². The van der Waals surface area contributed by atoms with E-state index < -0.39 is 0 Å². The number of aryl methyl sites for hydroxylation is 2.